The molecular weight excluding hydrogens is 448 g/mol. The first kappa shape index (κ1) is 19.7. The predicted molar refractivity (Wildman–Crippen MR) is 108 cm³/mol. The highest BCUT2D eigenvalue weighted by Crippen LogP contribution is 2.34. The van der Waals surface area contributed by atoms with Crippen molar-refractivity contribution in [3.05, 3.63) is 61.5 Å². The van der Waals surface area contributed by atoms with E-state index >= 15 is 0 Å². The molecule has 6 heteroatoms. The molecule has 2 aromatic rings. The Morgan fingerprint density at radius 1 is 1.20 bits per heavy atom. The van der Waals surface area contributed by atoms with Crippen LogP contribution in [0, 0.1) is 13.8 Å². The van der Waals surface area contributed by atoms with Crippen LogP contribution in [0.25, 0.3) is 0 Å². The van der Waals surface area contributed by atoms with Gasteiger partial charge in [-0.15, -0.1) is 0 Å². The van der Waals surface area contributed by atoms with E-state index in [4.69, 9.17) is 4.74 Å². The van der Waals surface area contributed by atoms with Gasteiger partial charge in [-0.2, -0.15) is 5.10 Å². The lowest BCUT2D eigenvalue weighted by Gasteiger charge is -2.09. The van der Waals surface area contributed by atoms with E-state index in [1.165, 1.54) is 5.56 Å². The van der Waals surface area contributed by atoms with E-state index in [0.29, 0.717) is 13.0 Å². The molecule has 0 unspecified atom stereocenters. The maximum absolute atomic E-state index is 12.0. The zero-order chi connectivity index (χ0) is 18.4. The van der Waals surface area contributed by atoms with Crippen LogP contribution in [0.1, 0.15) is 29.2 Å². The number of hydrogen-bond donors (Lipinski definition) is 1. The third-order valence-corrected chi connectivity index (χ3v) is 4.74. The van der Waals surface area contributed by atoms with Crippen molar-refractivity contribution in [2.75, 3.05) is 6.61 Å². The van der Waals surface area contributed by atoms with Crippen molar-refractivity contribution < 1.29 is 9.53 Å². The smallest absolute Gasteiger partial charge is 0.244 e. The molecule has 0 aromatic heterocycles. The number of benzene rings is 2. The van der Waals surface area contributed by atoms with Crippen LogP contribution in [0.4, 0.5) is 0 Å². The van der Waals surface area contributed by atoms with Crippen molar-refractivity contribution in [3.63, 3.8) is 0 Å². The van der Waals surface area contributed by atoms with Crippen LogP contribution in [0.5, 0.6) is 5.75 Å². The fourth-order valence-electron chi connectivity index (χ4n) is 2.37. The molecule has 0 bridgehead atoms. The summed E-state index contributed by atoms with van der Waals surface area (Å²) in [4.78, 5) is 12.0. The van der Waals surface area contributed by atoms with Crippen LogP contribution in [0.2, 0.25) is 0 Å². The molecule has 0 aliphatic carbocycles. The number of aryl methyl sites for hydroxylation is 2. The van der Waals surface area contributed by atoms with E-state index in [1.54, 1.807) is 6.21 Å². The zero-order valence-corrected chi connectivity index (χ0v) is 17.6. The minimum Gasteiger partial charge on any atom is -0.492 e. The molecule has 0 fully saturated rings. The van der Waals surface area contributed by atoms with Crippen molar-refractivity contribution in [2.24, 2.45) is 5.10 Å². The summed E-state index contributed by atoms with van der Waals surface area (Å²) < 4.78 is 7.19. The highest BCUT2D eigenvalue weighted by Gasteiger charge is 2.08. The normalized spacial score (nSPS) is 10.9. The number of carbonyl (C=O) groups excluding carboxylic acids is 1. The SMILES string of the molecule is CCOc1c(Br)cc(/C=N/NC(=O)Cc2ccc(C)cc2C)cc1Br. The number of halogens is 2. The molecule has 0 saturated heterocycles. The van der Waals surface area contributed by atoms with Crippen LogP contribution in [0.3, 0.4) is 0 Å². The standard InChI is InChI=1S/C19H20Br2N2O2/c1-4-25-19-16(20)8-14(9-17(19)21)11-22-23-18(24)10-15-6-5-12(2)7-13(15)3/h5-9,11H,4,10H2,1-3H3,(H,23,24)/b22-11+. The monoisotopic (exact) mass is 466 g/mol. The summed E-state index contributed by atoms with van der Waals surface area (Å²) in [6.07, 6.45) is 1.91. The number of nitrogens with one attached hydrogen (secondary N) is 1. The number of hydrogen-bond acceptors (Lipinski definition) is 3. The molecule has 2 aromatic carbocycles. The van der Waals surface area contributed by atoms with E-state index in [0.717, 1.165) is 31.4 Å². The fraction of sp³-hybridized carbons (Fsp3) is 0.263. The second-order valence-corrected chi connectivity index (χ2v) is 7.36. The van der Waals surface area contributed by atoms with Gasteiger partial charge >= 0.3 is 0 Å². The van der Waals surface area contributed by atoms with Crippen molar-refractivity contribution in [3.8, 4) is 5.75 Å². The van der Waals surface area contributed by atoms with Crippen LogP contribution in [-0.2, 0) is 11.2 Å². The second kappa shape index (κ2) is 9.15. The average Bonchev–Trinajstić information content (AvgIpc) is 2.54. The molecular formula is C19H20Br2N2O2. The molecule has 1 amide bonds. The lowest BCUT2D eigenvalue weighted by Crippen LogP contribution is -2.20. The lowest BCUT2D eigenvalue weighted by atomic mass is 10.0. The molecule has 0 aliphatic rings. The number of rotatable bonds is 6. The van der Waals surface area contributed by atoms with Crippen LogP contribution < -0.4 is 10.2 Å². The van der Waals surface area contributed by atoms with Gasteiger partial charge in [-0.1, -0.05) is 23.8 Å². The number of amides is 1. The number of ether oxygens (including phenoxy) is 1. The summed E-state index contributed by atoms with van der Waals surface area (Å²) in [5.41, 5.74) is 6.71. The number of hydrazone groups is 1. The Balaban J connectivity index is 1.99. The van der Waals surface area contributed by atoms with E-state index in [-0.39, 0.29) is 5.91 Å². The molecule has 0 saturated carbocycles. The Hall–Kier alpha value is -1.66. The van der Waals surface area contributed by atoms with Crippen molar-refractivity contribution in [1.82, 2.24) is 5.43 Å². The van der Waals surface area contributed by atoms with Gasteiger partial charge in [0.25, 0.3) is 0 Å². The van der Waals surface area contributed by atoms with Gasteiger partial charge in [0.15, 0.2) is 0 Å². The molecule has 1 N–H and O–H groups in total. The Morgan fingerprint density at radius 2 is 1.88 bits per heavy atom. The van der Waals surface area contributed by atoms with Crippen molar-refractivity contribution in [1.29, 1.82) is 0 Å². The summed E-state index contributed by atoms with van der Waals surface area (Å²) in [6, 6.07) is 9.83. The van der Waals surface area contributed by atoms with Gasteiger partial charge in [0.05, 0.1) is 28.2 Å². The van der Waals surface area contributed by atoms with E-state index in [2.05, 4.69) is 48.5 Å². The average molecular weight is 468 g/mol. The Labute approximate surface area is 164 Å². The minimum atomic E-state index is -0.146. The topological polar surface area (TPSA) is 50.7 Å². The fourth-order valence-corrected chi connectivity index (χ4v) is 3.82. The molecule has 0 spiro atoms. The molecule has 0 aliphatic heterocycles. The maximum atomic E-state index is 12.0. The van der Waals surface area contributed by atoms with E-state index in [9.17, 15) is 4.79 Å². The summed E-state index contributed by atoms with van der Waals surface area (Å²) in [5, 5.41) is 4.04. The molecule has 25 heavy (non-hydrogen) atoms. The summed E-state index contributed by atoms with van der Waals surface area (Å²) >= 11 is 6.95. The summed E-state index contributed by atoms with van der Waals surface area (Å²) in [6.45, 7) is 6.56. The summed E-state index contributed by atoms with van der Waals surface area (Å²) in [5.74, 6) is 0.603. The maximum Gasteiger partial charge on any atom is 0.244 e. The van der Waals surface area contributed by atoms with Crippen LogP contribution in [0.15, 0.2) is 44.4 Å². The van der Waals surface area contributed by atoms with Crippen molar-refractivity contribution >= 4 is 44.0 Å². The molecule has 132 valence electrons. The van der Waals surface area contributed by atoms with Gasteiger partial charge in [0.1, 0.15) is 5.75 Å². The van der Waals surface area contributed by atoms with E-state index in [1.807, 2.05) is 45.0 Å². The summed E-state index contributed by atoms with van der Waals surface area (Å²) in [7, 11) is 0. The lowest BCUT2D eigenvalue weighted by molar-refractivity contribution is -0.120. The highest BCUT2D eigenvalue weighted by molar-refractivity contribution is 9.11. The molecule has 4 nitrogen and oxygen atoms in total. The minimum absolute atomic E-state index is 0.146. The third kappa shape index (κ3) is 5.68. The van der Waals surface area contributed by atoms with E-state index < -0.39 is 0 Å². The van der Waals surface area contributed by atoms with Gasteiger partial charge in [-0.05, 0) is 81.5 Å². The van der Waals surface area contributed by atoms with Gasteiger partial charge < -0.3 is 4.74 Å². The van der Waals surface area contributed by atoms with Gasteiger partial charge in [0.2, 0.25) is 5.91 Å². The van der Waals surface area contributed by atoms with Crippen LogP contribution in [-0.4, -0.2) is 18.7 Å². The highest BCUT2D eigenvalue weighted by atomic mass is 79.9. The Kier molecular flexibility index (Phi) is 7.20. The molecule has 0 heterocycles. The number of nitrogens with zero attached hydrogens (tertiary/aromatic N) is 1. The van der Waals surface area contributed by atoms with Gasteiger partial charge in [-0.3, -0.25) is 4.79 Å². The van der Waals surface area contributed by atoms with Crippen LogP contribution >= 0.6 is 31.9 Å². The number of carbonyl (C=O) groups is 1. The van der Waals surface area contributed by atoms with Gasteiger partial charge in [-0.25, -0.2) is 5.43 Å². The first-order valence-electron chi connectivity index (χ1n) is 7.90. The first-order chi connectivity index (χ1) is 11.9. The Morgan fingerprint density at radius 3 is 2.48 bits per heavy atom. The third-order valence-electron chi connectivity index (χ3n) is 3.56. The zero-order valence-electron chi connectivity index (χ0n) is 14.4. The van der Waals surface area contributed by atoms with Gasteiger partial charge in [0, 0.05) is 0 Å². The first-order valence-corrected chi connectivity index (χ1v) is 9.49. The predicted octanol–water partition coefficient (Wildman–Crippen LogP) is 4.92. The Bertz CT molecular complexity index is 781. The quantitative estimate of drug-likeness (QED) is 0.484. The van der Waals surface area contributed by atoms with Crippen molar-refractivity contribution in [2.45, 2.75) is 27.2 Å². The molecule has 0 radical (unpaired) electrons. The largest absolute Gasteiger partial charge is 0.492 e. The molecule has 2 rings (SSSR count). The molecule has 0 atom stereocenters. The second-order valence-electron chi connectivity index (χ2n) is 5.65.